The number of furan rings is 1. The highest BCUT2D eigenvalue weighted by molar-refractivity contribution is 6.13. The summed E-state index contributed by atoms with van der Waals surface area (Å²) in [5, 5.41) is 4.33. The van der Waals surface area contributed by atoms with Gasteiger partial charge in [-0.05, 0) is 31.6 Å². The van der Waals surface area contributed by atoms with Gasteiger partial charge in [0.1, 0.15) is 11.5 Å². The van der Waals surface area contributed by atoms with Crippen LogP contribution in [0.4, 0.5) is 0 Å². The Balaban J connectivity index is 1.56. The van der Waals surface area contributed by atoms with E-state index in [4.69, 9.17) is 9.15 Å². The predicted molar refractivity (Wildman–Crippen MR) is 96.6 cm³/mol. The predicted octanol–water partition coefficient (Wildman–Crippen LogP) is 3.49. The fourth-order valence-corrected chi connectivity index (χ4v) is 2.84. The first-order valence-electron chi connectivity index (χ1n) is 8.25. The van der Waals surface area contributed by atoms with Gasteiger partial charge in [0.2, 0.25) is 5.90 Å². The van der Waals surface area contributed by atoms with E-state index >= 15 is 0 Å². The molecule has 0 fully saturated rings. The summed E-state index contributed by atoms with van der Waals surface area (Å²) in [5.74, 6) is 1.21. The van der Waals surface area contributed by atoms with Crippen LogP contribution in [0.15, 0.2) is 63.9 Å². The molecule has 1 aliphatic rings. The highest BCUT2D eigenvalue weighted by Crippen LogP contribution is 2.23. The Morgan fingerprint density at radius 1 is 1.19 bits per heavy atom. The van der Waals surface area contributed by atoms with E-state index in [0.717, 1.165) is 16.9 Å². The summed E-state index contributed by atoms with van der Waals surface area (Å²) in [5.41, 5.74) is 2.88. The third-order valence-corrected chi connectivity index (χ3v) is 4.04. The number of hydrogen-bond donors (Lipinski definition) is 0. The molecule has 130 valence electrons. The molecule has 0 N–H and O–H groups in total. The lowest BCUT2D eigenvalue weighted by Gasteiger charge is -2.00. The Morgan fingerprint density at radius 2 is 2.00 bits per heavy atom. The third-order valence-electron chi connectivity index (χ3n) is 4.04. The summed E-state index contributed by atoms with van der Waals surface area (Å²) in [6.45, 7) is 4.32. The molecule has 1 aliphatic heterocycles. The average molecular weight is 347 g/mol. The third kappa shape index (κ3) is 3.21. The van der Waals surface area contributed by atoms with Crippen molar-refractivity contribution in [1.82, 2.24) is 9.78 Å². The van der Waals surface area contributed by atoms with Crippen molar-refractivity contribution >= 4 is 17.9 Å². The van der Waals surface area contributed by atoms with E-state index in [1.54, 1.807) is 12.3 Å². The Kier molecular flexibility index (Phi) is 4.01. The number of nitrogens with zero attached hydrogens (tertiary/aromatic N) is 3. The average Bonchev–Trinajstić information content (AvgIpc) is 3.29. The molecule has 0 saturated heterocycles. The van der Waals surface area contributed by atoms with E-state index in [9.17, 15) is 4.79 Å². The van der Waals surface area contributed by atoms with Crippen LogP contribution in [0.2, 0.25) is 0 Å². The summed E-state index contributed by atoms with van der Waals surface area (Å²) >= 11 is 0. The first-order valence-corrected chi connectivity index (χ1v) is 8.25. The van der Waals surface area contributed by atoms with Crippen molar-refractivity contribution in [2.45, 2.75) is 20.4 Å². The molecular weight excluding hydrogens is 330 g/mol. The number of hydrogen-bond acceptors (Lipinski definition) is 5. The normalized spacial score (nSPS) is 15.4. The molecule has 0 bridgehead atoms. The molecule has 1 aromatic carbocycles. The summed E-state index contributed by atoms with van der Waals surface area (Å²) in [6, 6.07) is 11.9. The standard InChI is InChI=1S/C20H17N3O3/c1-13-8-17(14(2)25-13)19-22-18(20(24)26-19)9-16-10-21-23(12-16)11-15-6-4-3-5-7-15/h3-10,12H,11H2,1-2H3. The molecule has 3 aromatic rings. The summed E-state index contributed by atoms with van der Waals surface area (Å²) in [7, 11) is 0. The molecule has 0 amide bonds. The molecule has 0 aliphatic carbocycles. The Hall–Kier alpha value is -3.41. The molecule has 26 heavy (non-hydrogen) atoms. The smallest absolute Gasteiger partial charge is 0.363 e. The van der Waals surface area contributed by atoms with Crippen molar-refractivity contribution < 1.29 is 13.9 Å². The Labute approximate surface area is 150 Å². The molecule has 0 radical (unpaired) electrons. The van der Waals surface area contributed by atoms with Crippen LogP contribution in [-0.4, -0.2) is 21.6 Å². The molecule has 0 spiro atoms. The van der Waals surface area contributed by atoms with E-state index in [1.165, 1.54) is 0 Å². The van der Waals surface area contributed by atoms with Crippen LogP contribution >= 0.6 is 0 Å². The van der Waals surface area contributed by atoms with Crippen LogP contribution in [0.1, 0.15) is 28.2 Å². The molecule has 3 heterocycles. The van der Waals surface area contributed by atoms with Gasteiger partial charge in [0.25, 0.3) is 0 Å². The van der Waals surface area contributed by atoms with E-state index < -0.39 is 5.97 Å². The lowest BCUT2D eigenvalue weighted by molar-refractivity contribution is -0.129. The van der Waals surface area contributed by atoms with Crippen LogP contribution in [0, 0.1) is 13.8 Å². The minimum Gasteiger partial charge on any atom is -0.466 e. The van der Waals surface area contributed by atoms with E-state index in [1.807, 2.05) is 61.1 Å². The SMILES string of the molecule is Cc1cc(C2=NC(=Cc3cnn(Cc4ccccc4)c3)C(=O)O2)c(C)o1. The Morgan fingerprint density at radius 3 is 2.73 bits per heavy atom. The summed E-state index contributed by atoms with van der Waals surface area (Å²) in [4.78, 5) is 16.4. The van der Waals surface area contributed by atoms with Crippen molar-refractivity contribution in [3.05, 3.63) is 82.7 Å². The number of cyclic esters (lactones) is 1. The van der Waals surface area contributed by atoms with Gasteiger partial charge in [-0.2, -0.15) is 5.10 Å². The number of ether oxygens (including phenoxy) is 1. The summed E-state index contributed by atoms with van der Waals surface area (Å²) < 4.78 is 12.6. The van der Waals surface area contributed by atoms with Gasteiger partial charge in [0.15, 0.2) is 5.70 Å². The van der Waals surface area contributed by atoms with Crippen molar-refractivity contribution in [3.8, 4) is 0 Å². The number of aryl methyl sites for hydroxylation is 2. The van der Waals surface area contributed by atoms with Gasteiger partial charge >= 0.3 is 5.97 Å². The Bertz CT molecular complexity index is 1030. The van der Waals surface area contributed by atoms with Gasteiger partial charge in [-0.3, -0.25) is 4.68 Å². The summed E-state index contributed by atoms with van der Waals surface area (Å²) in [6.07, 6.45) is 5.24. The maximum absolute atomic E-state index is 12.1. The van der Waals surface area contributed by atoms with Gasteiger partial charge in [-0.25, -0.2) is 9.79 Å². The van der Waals surface area contributed by atoms with Crippen LogP contribution in [0.5, 0.6) is 0 Å². The maximum Gasteiger partial charge on any atom is 0.363 e. The molecule has 4 rings (SSSR count). The lowest BCUT2D eigenvalue weighted by Crippen LogP contribution is -2.05. The highest BCUT2D eigenvalue weighted by atomic mass is 16.6. The number of carbonyl (C=O) groups excluding carboxylic acids is 1. The van der Waals surface area contributed by atoms with Crippen molar-refractivity contribution in [2.24, 2.45) is 4.99 Å². The van der Waals surface area contributed by atoms with Crippen molar-refractivity contribution in [3.63, 3.8) is 0 Å². The molecule has 0 atom stereocenters. The first kappa shape index (κ1) is 16.1. The van der Waals surface area contributed by atoms with Crippen LogP contribution in [0.3, 0.4) is 0 Å². The highest BCUT2D eigenvalue weighted by Gasteiger charge is 2.26. The molecule has 6 heteroatoms. The fraction of sp³-hybridized carbons (Fsp3) is 0.150. The van der Waals surface area contributed by atoms with E-state index in [-0.39, 0.29) is 11.6 Å². The van der Waals surface area contributed by atoms with Crippen molar-refractivity contribution in [1.29, 1.82) is 0 Å². The van der Waals surface area contributed by atoms with Crippen LogP contribution in [-0.2, 0) is 16.1 Å². The number of esters is 1. The van der Waals surface area contributed by atoms with Gasteiger partial charge in [0.05, 0.1) is 18.3 Å². The van der Waals surface area contributed by atoms with Gasteiger partial charge < -0.3 is 9.15 Å². The zero-order valence-corrected chi connectivity index (χ0v) is 14.5. The lowest BCUT2D eigenvalue weighted by atomic mass is 10.2. The quantitative estimate of drug-likeness (QED) is 0.535. The zero-order valence-electron chi connectivity index (χ0n) is 14.5. The van der Waals surface area contributed by atoms with E-state index in [0.29, 0.717) is 17.9 Å². The maximum atomic E-state index is 12.1. The first-order chi connectivity index (χ1) is 12.6. The monoisotopic (exact) mass is 347 g/mol. The van der Waals surface area contributed by atoms with Crippen molar-refractivity contribution in [2.75, 3.05) is 0 Å². The van der Waals surface area contributed by atoms with Gasteiger partial charge in [-0.15, -0.1) is 0 Å². The second-order valence-electron chi connectivity index (χ2n) is 6.12. The molecular formula is C20H17N3O3. The van der Waals surface area contributed by atoms with Crippen LogP contribution < -0.4 is 0 Å². The molecule has 0 unspecified atom stereocenters. The number of aromatic nitrogens is 2. The molecule has 2 aromatic heterocycles. The zero-order chi connectivity index (χ0) is 18.1. The minimum atomic E-state index is -0.478. The van der Waals surface area contributed by atoms with Gasteiger partial charge in [-0.1, -0.05) is 30.3 Å². The number of rotatable bonds is 4. The van der Waals surface area contributed by atoms with Gasteiger partial charge in [0, 0.05) is 11.8 Å². The van der Waals surface area contributed by atoms with E-state index in [2.05, 4.69) is 10.1 Å². The number of aliphatic imine (C=N–C) groups is 1. The second kappa shape index (κ2) is 6.48. The minimum absolute atomic E-state index is 0.248. The molecule has 0 saturated carbocycles. The molecule has 6 nitrogen and oxygen atoms in total. The second-order valence-corrected chi connectivity index (χ2v) is 6.12. The number of carbonyl (C=O) groups is 1. The fourth-order valence-electron chi connectivity index (χ4n) is 2.84. The number of benzene rings is 1. The largest absolute Gasteiger partial charge is 0.466 e. The topological polar surface area (TPSA) is 69.6 Å². The van der Waals surface area contributed by atoms with Crippen LogP contribution in [0.25, 0.3) is 6.08 Å².